The first-order valence-electron chi connectivity index (χ1n) is 6.95. The molecule has 1 unspecified atom stereocenters. The van der Waals surface area contributed by atoms with Gasteiger partial charge in [0.05, 0.1) is 16.8 Å². The molecule has 0 aliphatic rings. The molecule has 0 fully saturated rings. The zero-order valence-electron chi connectivity index (χ0n) is 12.6. The standard InChI is InChI=1S/C15H24ClN3O/c1-5-19(9-10(2)3)11(4)15(20)18-12-6-7-13(16)14(17)8-12/h6-8,10-11H,5,9,17H2,1-4H3,(H,18,20). The Morgan fingerprint density at radius 2 is 2.05 bits per heavy atom. The average molecular weight is 298 g/mol. The van der Waals surface area contributed by atoms with Crippen LogP contribution >= 0.6 is 11.6 Å². The topological polar surface area (TPSA) is 58.4 Å². The lowest BCUT2D eigenvalue weighted by Gasteiger charge is -2.28. The molecule has 5 heteroatoms. The average Bonchev–Trinajstić information content (AvgIpc) is 2.39. The van der Waals surface area contributed by atoms with Crippen LogP contribution in [-0.4, -0.2) is 29.9 Å². The molecule has 1 amide bonds. The Morgan fingerprint density at radius 3 is 2.55 bits per heavy atom. The lowest BCUT2D eigenvalue weighted by atomic mass is 10.1. The van der Waals surface area contributed by atoms with Crippen molar-refractivity contribution in [3.8, 4) is 0 Å². The monoisotopic (exact) mass is 297 g/mol. The number of hydrogen-bond acceptors (Lipinski definition) is 3. The second-order valence-electron chi connectivity index (χ2n) is 5.38. The van der Waals surface area contributed by atoms with E-state index >= 15 is 0 Å². The molecule has 0 heterocycles. The maximum Gasteiger partial charge on any atom is 0.241 e. The van der Waals surface area contributed by atoms with Gasteiger partial charge in [0.2, 0.25) is 5.91 Å². The Labute approximate surface area is 126 Å². The Morgan fingerprint density at radius 1 is 1.40 bits per heavy atom. The van der Waals surface area contributed by atoms with Crippen molar-refractivity contribution >= 4 is 28.9 Å². The van der Waals surface area contributed by atoms with Crippen LogP contribution in [0.15, 0.2) is 18.2 Å². The molecule has 20 heavy (non-hydrogen) atoms. The minimum Gasteiger partial charge on any atom is -0.397 e. The highest BCUT2D eigenvalue weighted by molar-refractivity contribution is 6.33. The number of rotatable bonds is 6. The molecule has 4 nitrogen and oxygen atoms in total. The molecule has 1 atom stereocenters. The molecule has 0 saturated heterocycles. The Kier molecular flexibility index (Phi) is 6.30. The van der Waals surface area contributed by atoms with Gasteiger partial charge in [-0.2, -0.15) is 0 Å². The predicted molar refractivity (Wildman–Crippen MR) is 86.0 cm³/mol. The van der Waals surface area contributed by atoms with E-state index in [0.29, 0.717) is 22.3 Å². The zero-order chi connectivity index (χ0) is 15.3. The summed E-state index contributed by atoms with van der Waals surface area (Å²) in [7, 11) is 0. The molecule has 1 aromatic carbocycles. The van der Waals surface area contributed by atoms with E-state index in [1.54, 1.807) is 18.2 Å². The van der Waals surface area contributed by atoms with Crippen molar-refractivity contribution in [2.45, 2.75) is 33.7 Å². The number of likely N-dealkylation sites (N-methyl/N-ethyl adjacent to an activating group) is 1. The quantitative estimate of drug-likeness (QED) is 0.793. The number of carbonyl (C=O) groups excluding carboxylic acids is 1. The minimum atomic E-state index is -0.181. The highest BCUT2D eigenvalue weighted by Crippen LogP contribution is 2.22. The Hall–Kier alpha value is -1.26. The number of benzene rings is 1. The van der Waals surface area contributed by atoms with E-state index in [4.69, 9.17) is 17.3 Å². The predicted octanol–water partition coefficient (Wildman–Crippen LogP) is 3.23. The van der Waals surface area contributed by atoms with Crippen LogP contribution in [0.25, 0.3) is 0 Å². The van der Waals surface area contributed by atoms with Crippen molar-refractivity contribution in [3.63, 3.8) is 0 Å². The van der Waals surface area contributed by atoms with Crippen molar-refractivity contribution in [1.82, 2.24) is 4.90 Å². The first kappa shape index (κ1) is 16.8. The fourth-order valence-corrected chi connectivity index (χ4v) is 2.18. The van der Waals surface area contributed by atoms with Gasteiger partial charge >= 0.3 is 0 Å². The summed E-state index contributed by atoms with van der Waals surface area (Å²) >= 11 is 5.86. The van der Waals surface area contributed by atoms with Crippen LogP contribution in [0.3, 0.4) is 0 Å². The number of carbonyl (C=O) groups is 1. The van der Waals surface area contributed by atoms with Gasteiger partial charge in [-0.3, -0.25) is 9.69 Å². The molecule has 1 rings (SSSR count). The Bertz CT molecular complexity index is 462. The number of anilines is 2. The summed E-state index contributed by atoms with van der Waals surface area (Å²) in [4.78, 5) is 14.4. The van der Waals surface area contributed by atoms with Gasteiger partial charge in [0, 0.05) is 12.2 Å². The molecule has 0 aromatic heterocycles. The SMILES string of the molecule is CCN(CC(C)C)C(C)C(=O)Nc1ccc(Cl)c(N)c1. The van der Waals surface area contributed by atoms with Crippen molar-refractivity contribution in [2.24, 2.45) is 5.92 Å². The molecule has 0 spiro atoms. The van der Waals surface area contributed by atoms with E-state index in [1.165, 1.54) is 0 Å². The van der Waals surface area contributed by atoms with Crippen LogP contribution in [-0.2, 0) is 4.79 Å². The molecule has 112 valence electrons. The molecule has 0 aliphatic heterocycles. The van der Waals surface area contributed by atoms with Crippen molar-refractivity contribution in [3.05, 3.63) is 23.2 Å². The van der Waals surface area contributed by atoms with E-state index in [2.05, 4.69) is 31.0 Å². The lowest BCUT2D eigenvalue weighted by molar-refractivity contribution is -0.120. The summed E-state index contributed by atoms with van der Waals surface area (Å²) in [5.41, 5.74) is 6.87. The molecule has 0 bridgehead atoms. The lowest BCUT2D eigenvalue weighted by Crippen LogP contribution is -2.43. The maximum atomic E-state index is 12.3. The highest BCUT2D eigenvalue weighted by atomic mass is 35.5. The number of amides is 1. The van der Waals surface area contributed by atoms with Crippen molar-refractivity contribution in [1.29, 1.82) is 0 Å². The molecule has 0 saturated carbocycles. The second kappa shape index (κ2) is 7.50. The van der Waals surface area contributed by atoms with Gasteiger partial charge in [0.1, 0.15) is 0 Å². The molecule has 1 aromatic rings. The van der Waals surface area contributed by atoms with E-state index < -0.39 is 0 Å². The van der Waals surface area contributed by atoms with E-state index in [0.717, 1.165) is 13.1 Å². The van der Waals surface area contributed by atoms with Crippen LogP contribution in [0, 0.1) is 5.92 Å². The summed E-state index contributed by atoms with van der Waals surface area (Å²) in [6, 6.07) is 4.93. The third kappa shape index (κ3) is 4.69. The van der Waals surface area contributed by atoms with Crippen LogP contribution in [0.2, 0.25) is 5.02 Å². The smallest absolute Gasteiger partial charge is 0.241 e. The van der Waals surface area contributed by atoms with Crippen LogP contribution in [0.1, 0.15) is 27.7 Å². The molecular formula is C15H24ClN3O. The third-order valence-electron chi connectivity index (χ3n) is 3.20. The number of nitrogen functional groups attached to an aromatic ring is 1. The van der Waals surface area contributed by atoms with Gasteiger partial charge < -0.3 is 11.1 Å². The minimum absolute atomic E-state index is 0.0331. The fourth-order valence-electron chi connectivity index (χ4n) is 2.06. The van der Waals surface area contributed by atoms with Gasteiger partial charge in [-0.15, -0.1) is 0 Å². The second-order valence-corrected chi connectivity index (χ2v) is 5.79. The normalized spacial score (nSPS) is 12.8. The fraction of sp³-hybridized carbons (Fsp3) is 0.533. The number of hydrogen-bond donors (Lipinski definition) is 2. The van der Waals surface area contributed by atoms with Crippen molar-refractivity contribution in [2.75, 3.05) is 24.1 Å². The first-order valence-corrected chi connectivity index (χ1v) is 7.32. The summed E-state index contributed by atoms with van der Waals surface area (Å²) in [6.45, 7) is 10.0. The summed E-state index contributed by atoms with van der Waals surface area (Å²) in [5, 5.41) is 3.37. The van der Waals surface area contributed by atoms with Gasteiger partial charge in [0.25, 0.3) is 0 Å². The first-order chi connectivity index (χ1) is 9.35. The summed E-state index contributed by atoms with van der Waals surface area (Å²) in [6.07, 6.45) is 0. The van der Waals surface area contributed by atoms with Crippen LogP contribution in [0.5, 0.6) is 0 Å². The summed E-state index contributed by atoms with van der Waals surface area (Å²) in [5.74, 6) is 0.491. The van der Waals surface area contributed by atoms with Gasteiger partial charge in [0.15, 0.2) is 0 Å². The number of nitrogens with two attached hydrogens (primary N) is 1. The number of nitrogens with one attached hydrogen (secondary N) is 1. The van der Waals surface area contributed by atoms with Crippen LogP contribution in [0.4, 0.5) is 11.4 Å². The zero-order valence-corrected chi connectivity index (χ0v) is 13.4. The van der Waals surface area contributed by atoms with Gasteiger partial charge in [-0.25, -0.2) is 0 Å². The van der Waals surface area contributed by atoms with Crippen molar-refractivity contribution < 1.29 is 4.79 Å². The van der Waals surface area contributed by atoms with Gasteiger partial charge in [-0.1, -0.05) is 32.4 Å². The van der Waals surface area contributed by atoms with Gasteiger partial charge in [-0.05, 0) is 37.6 Å². The van der Waals surface area contributed by atoms with E-state index in [9.17, 15) is 4.79 Å². The molecule has 0 aliphatic carbocycles. The maximum absolute atomic E-state index is 12.3. The molecule has 0 radical (unpaired) electrons. The van der Waals surface area contributed by atoms with E-state index in [1.807, 2.05) is 6.92 Å². The number of nitrogens with zero attached hydrogens (tertiary/aromatic N) is 1. The Balaban J connectivity index is 2.71. The van der Waals surface area contributed by atoms with Crippen LogP contribution < -0.4 is 11.1 Å². The highest BCUT2D eigenvalue weighted by Gasteiger charge is 2.20. The third-order valence-corrected chi connectivity index (χ3v) is 3.54. The molecular weight excluding hydrogens is 274 g/mol. The largest absolute Gasteiger partial charge is 0.397 e. The van der Waals surface area contributed by atoms with E-state index in [-0.39, 0.29) is 11.9 Å². The molecule has 3 N–H and O–H groups in total. The summed E-state index contributed by atoms with van der Waals surface area (Å²) < 4.78 is 0. The number of halogens is 1.